The third kappa shape index (κ3) is 11.6. The van der Waals surface area contributed by atoms with E-state index in [9.17, 15) is 0 Å². The van der Waals surface area contributed by atoms with Gasteiger partial charge in [-0.25, -0.2) is 0 Å². The van der Waals surface area contributed by atoms with Crippen molar-refractivity contribution in [2.24, 2.45) is 0 Å². The molecule has 0 saturated heterocycles. The third-order valence-electron chi connectivity index (χ3n) is 29.0. The zero-order valence-electron chi connectivity index (χ0n) is 73.2. The minimum absolute atomic E-state index is 0.148. The van der Waals surface area contributed by atoms with E-state index in [0.29, 0.717) is 0 Å². The molecule has 0 amide bonds. The molecule has 0 aliphatic heterocycles. The van der Waals surface area contributed by atoms with Gasteiger partial charge in [0.1, 0.15) is 0 Å². The van der Waals surface area contributed by atoms with Gasteiger partial charge in [0.15, 0.2) is 0 Å². The van der Waals surface area contributed by atoms with Gasteiger partial charge in [-0.3, -0.25) is 0 Å². The molecule has 2 aliphatic rings. The molecule has 26 aromatic rings. The fraction of sp³-hybridized carbons (Fsp3) is 0.0476. The first kappa shape index (κ1) is 76.1. The highest BCUT2D eigenvalue weighted by atomic mass is 32.1. The van der Waals surface area contributed by atoms with Crippen molar-refractivity contribution in [2.75, 3.05) is 0 Å². The summed E-state index contributed by atoms with van der Waals surface area (Å²) < 4.78 is 15.4. The Morgan fingerprint density at radius 1 is 0.182 bits per heavy atom. The molecule has 0 spiro atoms. The molecule has 132 heavy (non-hydrogen) atoms. The monoisotopic (exact) mass is 1720 g/mol. The van der Waals surface area contributed by atoms with E-state index in [2.05, 4.69) is 483 Å². The number of aromatic nitrogens is 4. The summed E-state index contributed by atoms with van der Waals surface area (Å²) in [6.45, 7) is 9.65. The molecule has 0 radical (unpaired) electrons. The third-order valence-corrected chi connectivity index (χ3v) is 31.3. The van der Waals surface area contributed by atoms with Crippen LogP contribution in [0.25, 0.3) is 239 Å². The molecule has 0 saturated carbocycles. The van der Waals surface area contributed by atoms with Crippen LogP contribution in [0.15, 0.2) is 437 Å². The molecule has 0 unspecified atom stereocenters. The van der Waals surface area contributed by atoms with Gasteiger partial charge < -0.3 is 18.3 Å². The summed E-state index contributed by atoms with van der Waals surface area (Å²) in [4.78, 5) is 0. The lowest BCUT2D eigenvalue weighted by Gasteiger charge is -2.23. The molecule has 28 rings (SSSR count). The van der Waals surface area contributed by atoms with Crippen LogP contribution in [0.5, 0.6) is 0 Å². The number of hydrogen-bond acceptors (Lipinski definition) is 2. The van der Waals surface area contributed by atoms with Crippen LogP contribution in [0.4, 0.5) is 0 Å². The normalized spacial score (nSPS) is 13.1. The zero-order valence-corrected chi connectivity index (χ0v) is 74.8. The van der Waals surface area contributed by atoms with Crippen molar-refractivity contribution in [2.45, 2.75) is 38.5 Å². The molecule has 0 N–H and O–H groups in total. The first-order valence-corrected chi connectivity index (χ1v) is 47.5. The van der Waals surface area contributed by atoms with Gasteiger partial charge in [-0.2, -0.15) is 0 Å². The molecule has 4 nitrogen and oxygen atoms in total. The highest BCUT2D eigenvalue weighted by Crippen LogP contribution is 2.58. The summed E-state index contributed by atoms with van der Waals surface area (Å²) in [7, 11) is 0. The number of nitrogens with zero attached hydrogens (tertiary/aromatic N) is 4. The van der Waals surface area contributed by atoms with Gasteiger partial charge in [0.2, 0.25) is 0 Å². The maximum atomic E-state index is 2.50. The average Bonchev–Trinajstić information content (AvgIpc) is 1.53. The molecule has 620 valence electrons. The van der Waals surface area contributed by atoms with Gasteiger partial charge in [0, 0.05) is 123 Å². The molecule has 0 atom stereocenters. The van der Waals surface area contributed by atoms with Crippen molar-refractivity contribution in [3.8, 4) is 112 Å². The van der Waals surface area contributed by atoms with Crippen LogP contribution < -0.4 is 0 Å². The Morgan fingerprint density at radius 2 is 0.530 bits per heavy atom. The summed E-state index contributed by atoms with van der Waals surface area (Å²) in [5, 5.41) is 15.5. The van der Waals surface area contributed by atoms with E-state index in [4.69, 9.17) is 0 Å². The van der Waals surface area contributed by atoms with Crippen LogP contribution in [0, 0.1) is 0 Å². The van der Waals surface area contributed by atoms with E-state index in [-0.39, 0.29) is 10.8 Å². The van der Waals surface area contributed by atoms with Gasteiger partial charge in [0.25, 0.3) is 0 Å². The smallest absolute Gasteiger partial charge is 0.0547 e. The quantitative estimate of drug-likeness (QED) is 0.130. The van der Waals surface area contributed by atoms with E-state index in [0.717, 1.165) is 11.4 Å². The van der Waals surface area contributed by atoms with Crippen LogP contribution >= 0.6 is 22.7 Å². The van der Waals surface area contributed by atoms with Crippen LogP contribution in [-0.4, -0.2) is 18.3 Å². The average molecular weight is 1720 g/mol. The van der Waals surface area contributed by atoms with E-state index in [1.807, 2.05) is 22.7 Å². The van der Waals surface area contributed by atoms with Gasteiger partial charge in [0.05, 0.1) is 44.1 Å². The van der Waals surface area contributed by atoms with Crippen LogP contribution in [-0.2, 0) is 10.8 Å². The Morgan fingerprint density at radius 3 is 1.01 bits per heavy atom. The molecule has 6 heteroatoms. The summed E-state index contributed by atoms with van der Waals surface area (Å²) in [6.07, 6.45) is 0. The molecule has 6 heterocycles. The SMILES string of the molecule is CC1(C)c2cc(-n3c4ccccc4c4ccc(-c5ccc6c(c5)c5ccccc5n6-c5cc(-c6ccccc6)cc(-c6ccccc6)c5)cc43)ccc2-c2ccc3sc4ccccc4c3c21.CC1(C)c2cc(-n3c4ccccc4c4ccc(-c5ccc6c7ccccc7n(-c7cc(-c8ccccc8)cc(-c8ccccc8)c7)c6c5)cc43)ccc2-c2c1ccc1c2sc2ccccc21. The highest BCUT2D eigenvalue weighted by molar-refractivity contribution is 7.26. The van der Waals surface area contributed by atoms with Gasteiger partial charge in [-0.1, -0.05) is 331 Å². The summed E-state index contributed by atoms with van der Waals surface area (Å²) >= 11 is 3.84. The van der Waals surface area contributed by atoms with Gasteiger partial charge in [-0.15, -0.1) is 22.7 Å². The van der Waals surface area contributed by atoms with E-state index in [1.165, 1.54) is 250 Å². The second kappa shape index (κ2) is 29.3. The highest BCUT2D eigenvalue weighted by Gasteiger charge is 2.40. The molecular weight excluding hydrogens is 1630 g/mol. The van der Waals surface area contributed by atoms with Crippen molar-refractivity contribution in [3.05, 3.63) is 459 Å². The van der Waals surface area contributed by atoms with Crippen LogP contribution in [0.3, 0.4) is 0 Å². The lowest BCUT2D eigenvalue weighted by Crippen LogP contribution is -2.15. The molecule has 20 aromatic carbocycles. The number of fused-ring (bicyclic) bond motifs is 26. The molecule has 2 aliphatic carbocycles. The van der Waals surface area contributed by atoms with Crippen molar-refractivity contribution in [3.63, 3.8) is 0 Å². The number of hydrogen-bond donors (Lipinski definition) is 0. The molecular formula is C126H84N4S2. The van der Waals surface area contributed by atoms with Gasteiger partial charge >= 0.3 is 0 Å². The number of rotatable bonds is 10. The second-order valence-corrected chi connectivity index (χ2v) is 39.1. The molecule has 0 bridgehead atoms. The maximum Gasteiger partial charge on any atom is 0.0547 e. The summed E-state index contributed by atoms with van der Waals surface area (Å²) in [5.74, 6) is 0. The Hall–Kier alpha value is -16.0. The van der Waals surface area contributed by atoms with Gasteiger partial charge in [-0.05, 0) is 239 Å². The Bertz CT molecular complexity index is 9210. The summed E-state index contributed by atoms with van der Waals surface area (Å²) in [5.41, 5.74) is 39.4. The van der Waals surface area contributed by atoms with Crippen LogP contribution in [0.2, 0.25) is 0 Å². The fourth-order valence-corrected chi connectivity index (χ4v) is 25.1. The number of benzene rings is 20. The zero-order chi connectivity index (χ0) is 87.3. The lowest BCUT2D eigenvalue weighted by atomic mass is 9.80. The minimum atomic E-state index is -0.172. The predicted molar refractivity (Wildman–Crippen MR) is 564 cm³/mol. The topological polar surface area (TPSA) is 19.7 Å². The largest absolute Gasteiger partial charge is 0.309 e. The Kier molecular flexibility index (Phi) is 16.9. The number of thiophene rings is 2. The van der Waals surface area contributed by atoms with E-state index < -0.39 is 0 Å². The maximum absolute atomic E-state index is 2.50. The van der Waals surface area contributed by atoms with Crippen molar-refractivity contribution in [1.82, 2.24) is 18.3 Å². The standard InChI is InChI=1S/2C63H42N2S/c1-63(2)54-38-45(27-29-47(54)51-30-32-60-61(62(51)63)52-21-11-14-24-59(52)66-60)64-55-22-12-9-19-48(55)50-28-25-42(37-58(50)64)41-26-31-57-53(36-41)49-20-10-13-23-56(49)65(57)46-34-43(39-15-5-3-6-16-39)33-44(35-46)40-17-7-4-8-18-40;1-63(2)54-32-31-52-51-21-11-14-24-60(51)66-62(52)61(54)53-30-27-45(38-55(53)63)64-56-22-12-9-19-47(56)49-28-25-41(36-58(49)64)42-26-29-50-48-20-10-13-23-57(48)65(59(50)37-42)46-34-43(39-15-5-3-6-16-39)33-44(35-46)40-17-7-4-8-18-40/h2*3-38H,1-2H3. The first-order chi connectivity index (χ1) is 64.9. The van der Waals surface area contributed by atoms with Crippen molar-refractivity contribution >= 4 is 150 Å². The fourth-order valence-electron chi connectivity index (χ4n) is 22.8. The second-order valence-electron chi connectivity index (χ2n) is 37.0. The molecule has 0 fully saturated rings. The van der Waals surface area contributed by atoms with Crippen LogP contribution in [0.1, 0.15) is 49.9 Å². The molecule has 6 aromatic heterocycles. The Balaban J connectivity index is 0.000000135. The lowest BCUT2D eigenvalue weighted by molar-refractivity contribution is 0.660. The Labute approximate surface area is 771 Å². The van der Waals surface area contributed by atoms with E-state index in [1.54, 1.807) is 0 Å². The number of para-hydroxylation sites is 4. The van der Waals surface area contributed by atoms with Crippen molar-refractivity contribution < 1.29 is 0 Å². The van der Waals surface area contributed by atoms with Crippen molar-refractivity contribution in [1.29, 1.82) is 0 Å². The minimum Gasteiger partial charge on any atom is -0.309 e. The van der Waals surface area contributed by atoms with E-state index >= 15 is 0 Å². The predicted octanol–water partition coefficient (Wildman–Crippen LogP) is 35.1. The summed E-state index contributed by atoms with van der Waals surface area (Å²) in [6, 6.07) is 162. The first-order valence-electron chi connectivity index (χ1n) is 45.8.